The Morgan fingerprint density at radius 3 is 2.32 bits per heavy atom. The maximum absolute atomic E-state index is 11.7. The second-order valence-electron chi connectivity index (χ2n) is 5.56. The van der Waals surface area contributed by atoms with Gasteiger partial charge in [-0.25, -0.2) is 4.21 Å². The first-order valence-electron chi connectivity index (χ1n) is 7.39. The van der Waals surface area contributed by atoms with Crippen molar-refractivity contribution in [3.63, 3.8) is 0 Å². The summed E-state index contributed by atoms with van der Waals surface area (Å²) < 4.78 is 21.7. The molecule has 0 aromatic heterocycles. The van der Waals surface area contributed by atoms with Gasteiger partial charge in [0.15, 0.2) is 0 Å². The van der Waals surface area contributed by atoms with E-state index >= 15 is 0 Å². The first-order valence-corrected chi connectivity index (χ1v) is 8.50. The maximum Gasteiger partial charge on any atom is 0.259 e. The van der Waals surface area contributed by atoms with Gasteiger partial charge in [-0.3, -0.25) is 18.9 Å². The van der Waals surface area contributed by atoms with E-state index in [9.17, 15) is 13.8 Å². The molecule has 0 saturated carbocycles. The monoisotopic (exact) mass is 325 g/mol. The van der Waals surface area contributed by atoms with Crippen molar-refractivity contribution in [2.24, 2.45) is 5.92 Å². The maximum atomic E-state index is 11.7. The van der Waals surface area contributed by atoms with E-state index in [0.717, 1.165) is 18.4 Å². The minimum Gasteiger partial charge on any atom is -0.300 e. The molecule has 0 fully saturated rings. The number of benzene rings is 1. The average molecular weight is 325 g/mol. The van der Waals surface area contributed by atoms with Crippen LogP contribution in [-0.4, -0.2) is 20.3 Å². The van der Waals surface area contributed by atoms with Crippen LogP contribution in [0.3, 0.4) is 0 Å². The zero-order chi connectivity index (χ0) is 16.5. The van der Waals surface area contributed by atoms with Gasteiger partial charge in [-0.15, -0.1) is 0 Å². The van der Waals surface area contributed by atoms with Gasteiger partial charge in [-0.2, -0.15) is 0 Å². The molecule has 6 heteroatoms. The van der Waals surface area contributed by atoms with Crippen LogP contribution in [-0.2, 0) is 27.3 Å². The summed E-state index contributed by atoms with van der Waals surface area (Å²) in [6.07, 6.45) is 2.67. The smallest absolute Gasteiger partial charge is 0.259 e. The molecule has 0 aliphatic rings. The number of rotatable bonds is 10. The van der Waals surface area contributed by atoms with Crippen molar-refractivity contribution in [2.75, 3.05) is 4.72 Å². The number of anilines is 1. The van der Waals surface area contributed by atoms with Crippen molar-refractivity contribution in [1.29, 1.82) is 0 Å². The van der Waals surface area contributed by atoms with Crippen molar-refractivity contribution >= 4 is 28.5 Å². The van der Waals surface area contributed by atoms with Gasteiger partial charge in [0.05, 0.1) is 0 Å². The molecule has 0 aliphatic carbocycles. The van der Waals surface area contributed by atoms with Crippen LogP contribution in [0.1, 0.15) is 45.1 Å². The summed E-state index contributed by atoms with van der Waals surface area (Å²) in [5, 5.41) is 0. The number of hydrogen-bond donors (Lipinski definition) is 2. The van der Waals surface area contributed by atoms with Crippen molar-refractivity contribution in [3.05, 3.63) is 29.8 Å². The fraction of sp³-hybridized carbons (Fsp3) is 0.500. The molecule has 1 unspecified atom stereocenters. The summed E-state index contributed by atoms with van der Waals surface area (Å²) >= 11 is -2.07. The van der Waals surface area contributed by atoms with Gasteiger partial charge >= 0.3 is 0 Å². The van der Waals surface area contributed by atoms with E-state index in [1.54, 1.807) is 12.1 Å². The number of carbonyl (C=O) groups excluding carboxylic acids is 2. The molecule has 0 saturated heterocycles. The van der Waals surface area contributed by atoms with E-state index in [0.29, 0.717) is 24.9 Å². The van der Waals surface area contributed by atoms with Gasteiger partial charge in [0.25, 0.3) is 11.3 Å². The molecule has 122 valence electrons. The summed E-state index contributed by atoms with van der Waals surface area (Å²) in [5.74, 6) is 0.258. The highest BCUT2D eigenvalue weighted by atomic mass is 32.2. The predicted octanol–water partition coefficient (Wildman–Crippen LogP) is 3.13. The minimum atomic E-state index is -2.07. The molecule has 22 heavy (non-hydrogen) atoms. The van der Waals surface area contributed by atoms with Gasteiger partial charge in [-0.05, 0) is 30.5 Å². The van der Waals surface area contributed by atoms with E-state index in [1.807, 2.05) is 26.0 Å². The first-order chi connectivity index (χ1) is 10.4. The van der Waals surface area contributed by atoms with Crippen molar-refractivity contribution in [2.45, 2.75) is 46.0 Å². The molecule has 0 radical (unpaired) electrons. The SMILES string of the molecule is CC(C)C(=O)CCC(=O)CCCc1ccc(NS(=O)O)cc1. The van der Waals surface area contributed by atoms with Crippen molar-refractivity contribution in [3.8, 4) is 0 Å². The van der Waals surface area contributed by atoms with Gasteiger partial charge in [-0.1, -0.05) is 26.0 Å². The number of Topliss-reactive ketones (excluding diaryl/α,β-unsaturated/α-hetero) is 2. The fourth-order valence-electron chi connectivity index (χ4n) is 2.01. The van der Waals surface area contributed by atoms with Crippen LogP contribution < -0.4 is 4.72 Å². The summed E-state index contributed by atoms with van der Waals surface area (Å²) in [6.45, 7) is 3.69. The van der Waals surface area contributed by atoms with Crippen LogP contribution in [0.25, 0.3) is 0 Å². The van der Waals surface area contributed by atoms with Gasteiger partial charge in [0.2, 0.25) is 0 Å². The van der Waals surface area contributed by atoms with Crippen molar-refractivity contribution in [1.82, 2.24) is 0 Å². The predicted molar refractivity (Wildman–Crippen MR) is 87.9 cm³/mol. The van der Waals surface area contributed by atoms with Crippen LogP contribution in [0.5, 0.6) is 0 Å². The molecule has 0 aliphatic heterocycles. The Bertz CT molecular complexity index is 525. The summed E-state index contributed by atoms with van der Waals surface area (Å²) in [6, 6.07) is 7.18. The molecule has 1 atom stereocenters. The highest BCUT2D eigenvalue weighted by molar-refractivity contribution is 7.80. The quantitative estimate of drug-likeness (QED) is 0.647. The molecule has 0 heterocycles. The lowest BCUT2D eigenvalue weighted by molar-refractivity contribution is -0.125. The van der Waals surface area contributed by atoms with Gasteiger partial charge < -0.3 is 0 Å². The van der Waals surface area contributed by atoms with Crippen LogP contribution >= 0.6 is 0 Å². The molecule has 1 aromatic carbocycles. The minimum absolute atomic E-state index is 0.00632. The summed E-state index contributed by atoms with van der Waals surface area (Å²) in [7, 11) is 0. The van der Waals surface area contributed by atoms with Gasteiger partial charge in [0, 0.05) is 30.9 Å². The number of ketones is 2. The Morgan fingerprint density at radius 2 is 1.77 bits per heavy atom. The zero-order valence-electron chi connectivity index (χ0n) is 13.0. The number of nitrogens with one attached hydrogen (secondary N) is 1. The van der Waals surface area contributed by atoms with E-state index in [4.69, 9.17) is 4.55 Å². The molecular weight excluding hydrogens is 302 g/mol. The third-order valence-corrected chi connectivity index (χ3v) is 3.78. The molecule has 0 amide bonds. The Balaban J connectivity index is 2.27. The third-order valence-electron chi connectivity index (χ3n) is 3.37. The Labute approximate surface area is 133 Å². The van der Waals surface area contributed by atoms with E-state index in [-0.39, 0.29) is 17.5 Å². The summed E-state index contributed by atoms with van der Waals surface area (Å²) in [5.41, 5.74) is 1.65. The van der Waals surface area contributed by atoms with Crippen LogP contribution in [0, 0.1) is 5.92 Å². The largest absolute Gasteiger partial charge is 0.300 e. The molecule has 0 bridgehead atoms. The van der Waals surface area contributed by atoms with Crippen LogP contribution in [0.4, 0.5) is 5.69 Å². The van der Waals surface area contributed by atoms with E-state index in [1.165, 1.54) is 0 Å². The molecule has 5 nitrogen and oxygen atoms in total. The third kappa shape index (κ3) is 7.47. The molecule has 1 rings (SSSR count). The fourth-order valence-corrected chi connectivity index (χ4v) is 2.34. The average Bonchev–Trinajstić information content (AvgIpc) is 2.46. The molecular formula is C16H23NO4S. The molecule has 0 spiro atoms. The number of hydrogen-bond acceptors (Lipinski definition) is 3. The Hall–Kier alpha value is -1.53. The van der Waals surface area contributed by atoms with Gasteiger partial charge in [0.1, 0.15) is 11.6 Å². The van der Waals surface area contributed by atoms with E-state index < -0.39 is 11.3 Å². The van der Waals surface area contributed by atoms with Crippen LogP contribution in [0.15, 0.2) is 24.3 Å². The highest BCUT2D eigenvalue weighted by Gasteiger charge is 2.10. The number of carbonyl (C=O) groups is 2. The zero-order valence-corrected chi connectivity index (χ0v) is 13.8. The molecule has 2 N–H and O–H groups in total. The Morgan fingerprint density at radius 1 is 1.14 bits per heavy atom. The van der Waals surface area contributed by atoms with Crippen molar-refractivity contribution < 1.29 is 18.4 Å². The lowest BCUT2D eigenvalue weighted by atomic mass is 10.00. The van der Waals surface area contributed by atoms with E-state index in [2.05, 4.69) is 4.72 Å². The lowest BCUT2D eigenvalue weighted by Crippen LogP contribution is -2.09. The number of aryl methyl sites for hydroxylation is 1. The lowest BCUT2D eigenvalue weighted by Gasteiger charge is -2.05. The normalized spacial score (nSPS) is 12.2. The molecule has 1 aromatic rings. The summed E-state index contributed by atoms with van der Waals surface area (Å²) in [4.78, 5) is 23.2. The standard InChI is InChI=1S/C16H23NO4S/c1-12(2)16(19)11-10-15(18)5-3-4-13-6-8-14(9-7-13)17-22(20)21/h6-9,12,17H,3-5,10-11H2,1-2H3,(H,20,21). The highest BCUT2D eigenvalue weighted by Crippen LogP contribution is 2.13. The topological polar surface area (TPSA) is 83.5 Å². The Kier molecular flexibility index (Phi) is 7.98. The van der Waals surface area contributed by atoms with Crippen LogP contribution in [0.2, 0.25) is 0 Å². The first kappa shape index (κ1) is 18.5. The second kappa shape index (κ2) is 9.48. The second-order valence-corrected chi connectivity index (χ2v) is 6.26.